The Labute approximate surface area is 414 Å². The number of amides is 8. The van der Waals surface area contributed by atoms with Gasteiger partial charge in [0.15, 0.2) is 5.96 Å². The number of aliphatic hydroxyl groups excluding tert-OH is 1. The number of carbonyl (C=O) groups is 11. The molecule has 9 atom stereocenters. The molecule has 28 nitrogen and oxygen atoms in total. The molecule has 0 radical (unpaired) electrons. The number of hydrogen-bond acceptors (Lipinski definition) is 15. The maximum Gasteiger partial charge on any atom is 0.326 e. The van der Waals surface area contributed by atoms with Gasteiger partial charge in [-0.2, -0.15) is 0 Å². The second kappa shape index (κ2) is 31.6. The molecule has 8 amide bonds. The normalized spacial score (nSPS) is 14.7. The van der Waals surface area contributed by atoms with Gasteiger partial charge in [0.05, 0.1) is 19.1 Å². The molecule has 72 heavy (non-hydrogen) atoms. The van der Waals surface area contributed by atoms with Crippen LogP contribution in [0, 0.1) is 17.2 Å². The van der Waals surface area contributed by atoms with E-state index in [9.17, 15) is 73.2 Å². The van der Waals surface area contributed by atoms with E-state index in [4.69, 9.17) is 27.7 Å². The minimum atomic E-state index is -1.85. The van der Waals surface area contributed by atoms with Crippen molar-refractivity contribution in [2.45, 2.75) is 140 Å². The Kier molecular flexibility index (Phi) is 27.4. The molecule has 1 aromatic rings. The molecule has 0 saturated carbocycles. The molecular weight excluding hydrogens is 953 g/mol. The lowest BCUT2D eigenvalue weighted by Crippen LogP contribution is -2.61. The van der Waals surface area contributed by atoms with Gasteiger partial charge in [-0.3, -0.25) is 53.4 Å². The van der Waals surface area contributed by atoms with Crippen molar-refractivity contribution in [1.29, 1.82) is 5.41 Å². The molecule has 28 heteroatoms. The van der Waals surface area contributed by atoms with Crippen LogP contribution >= 0.6 is 0 Å². The summed E-state index contributed by atoms with van der Waals surface area (Å²) in [6.45, 7) is 5.62. The third kappa shape index (κ3) is 23.8. The van der Waals surface area contributed by atoms with Gasteiger partial charge in [-0.1, -0.05) is 46.2 Å². The van der Waals surface area contributed by atoms with E-state index < -0.39 is 158 Å². The van der Waals surface area contributed by atoms with Crippen LogP contribution in [0.15, 0.2) is 24.3 Å². The summed E-state index contributed by atoms with van der Waals surface area (Å²) in [6.07, 6.45) is -3.02. The average molecular weight is 1020 g/mol. The Balaban J connectivity index is 3.44. The second-order valence-corrected chi connectivity index (χ2v) is 17.4. The Morgan fingerprint density at radius 2 is 1.10 bits per heavy atom. The standard InChI is InChI=1S/C44H70N12O16/c1-5-22(4)35(42(70)51-27(13-15-33(60)61)37(65)54-29(17-21(2)3)39(67)52-28(43(71)72)7-6-16-49-44(47)48)56-38(66)26(12-14-32(46)59)50-41(69)31(20-57)55-40(68)30(18-23-8-10-24(58)11-9-23)53-36(64)25(45)19-34(62)63/h8-11,21-22,25-31,35,57-58H,5-7,12-20,45H2,1-4H3,(H2,46,59)(H,50,69)(H,51,70)(H,52,67)(H,53,64)(H,54,65)(H,55,68)(H,56,66)(H,60,61)(H,62,63)(H,71,72)(H4,47,48,49)/t22-,25-,26-,27-,28-,29-,30-,31-,35-/m0/s1. The number of guanidine groups is 1. The summed E-state index contributed by atoms with van der Waals surface area (Å²) < 4.78 is 0. The van der Waals surface area contributed by atoms with Gasteiger partial charge in [-0.05, 0) is 61.6 Å². The number of rotatable bonds is 34. The first kappa shape index (κ1) is 62.4. The van der Waals surface area contributed by atoms with Crippen LogP contribution in [-0.4, -0.2) is 158 Å². The smallest absolute Gasteiger partial charge is 0.326 e. The number of benzene rings is 1. The third-order valence-electron chi connectivity index (χ3n) is 10.9. The summed E-state index contributed by atoms with van der Waals surface area (Å²) in [7, 11) is 0. The van der Waals surface area contributed by atoms with Crippen molar-refractivity contribution in [2.24, 2.45) is 29.0 Å². The quantitative estimate of drug-likeness (QED) is 0.0176. The molecule has 0 aliphatic heterocycles. The van der Waals surface area contributed by atoms with E-state index in [1.807, 2.05) is 0 Å². The highest BCUT2D eigenvalue weighted by Gasteiger charge is 2.36. The summed E-state index contributed by atoms with van der Waals surface area (Å²) in [5.41, 5.74) is 16.6. The fourth-order valence-corrected chi connectivity index (χ4v) is 6.72. The highest BCUT2D eigenvalue weighted by Crippen LogP contribution is 2.14. The molecule has 0 saturated heterocycles. The van der Waals surface area contributed by atoms with Gasteiger partial charge < -0.3 is 85.3 Å². The van der Waals surface area contributed by atoms with Gasteiger partial charge in [0.1, 0.15) is 48.0 Å². The van der Waals surface area contributed by atoms with Crippen LogP contribution in [0.5, 0.6) is 5.75 Å². The minimum absolute atomic E-state index is 0.0273. The first-order valence-electron chi connectivity index (χ1n) is 23.0. The number of carbonyl (C=O) groups excluding carboxylic acids is 8. The van der Waals surface area contributed by atoms with E-state index in [-0.39, 0.29) is 56.3 Å². The van der Waals surface area contributed by atoms with E-state index in [0.717, 1.165) is 0 Å². The molecule has 20 N–H and O–H groups in total. The average Bonchev–Trinajstić information content (AvgIpc) is 3.29. The number of primary amides is 1. The zero-order valence-electron chi connectivity index (χ0n) is 40.5. The number of aliphatic carboxylic acids is 3. The molecule has 1 aromatic carbocycles. The van der Waals surface area contributed by atoms with E-state index in [0.29, 0.717) is 5.56 Å². The largest absolute Gasteiger partial charge is 0.508 e. The molecule has 0 bridgehead atoms. The van der Waals surface area contributed by atoms with Crippen LogP contribution in [0.25, 0.3) is 0 Å². The van der Waals surface area contributed by atoms with Crippen molar-refractivity contribution >= 4 is 71.1 Å². The van der Waals surface area contributed by atoms with E-state index in [1.54, 1.807) is 20.8 Å². The second-order valence-electron chi connectivity index (χ2n) is 17.4. The Morgan fingerprint density at radius 1 is 0.611 bits per heavy atom. The van der Waals surface area contributed by atoms with Crippen LogP contribution in [0.3, 0.4) is 0 Å². The lowest BCUT2D eigenvalue weighted by molar-refractivity contribution is -0.142. The van der Waals surface area contributed by atoms with Crippen LogP contribution < -0.4 is 59.7 Å². The zero-order chi connectivity index (χ0) is 54.8. The topological polar surface area (TPSA) is 487 Å². The Hall–Kier alpha value is -7.62. The van der Waals surface area contributed by atoms with Crippen LogP contribution in [0.4, 0.5) is 0 Å². The summed E-state index contributed by atoms with van der Waals surface area (Å²) in [6, 6.07) is -7.29. The fourth-order valence-electron chi connectivity index (χ4n) is 6.72. The van der Waals surface area contributed by atoms with Crippen molar-refractivity contribution in [3.8, 4) is 5.75 Å². The van der Waals surface area contributed by atoms with Gasteiger partial charge >= 0.3 is 17.9 Å². The minimum Gasteiger partial charge on any atom is -0.508 e. The van der Waals surface area contributed by atoms with Gasteiger partial charge in [0, 0.05) is 25.8 Å². The number of carboxylic acid groups (broad SMARTS) is 3. The lowest BCUT2D eigenvalue weighted by atomic mass is 9.96. The maximum absolute atomic E-state index is 14.0. The summed E-state index contributed by atoms with van der Waals surface area (Å²) in [5, 5.41) is 74.6. The van der Waals surface area contributed by atoms with E-state index in [1.165, 1.54) is 31.2 Å². The number of carboxylic acids is 3. The van der Waals surface area contributed by atoms with Gasteiger partial charge in [0.2, 0.25) is 47.3 Å². The van der Waals surface area contributed by atoms with Crippen LogP contribution in [-0.2, 0) is 59.2 Å². The molecule has 402 valence electrons. The van der Waals surface area contributed by atoms with Crippen molar-refractivity contribution < 1.29 is 78.3 Å². The lowest BCUT2D eigenvalue weighted by Gasteiger charge is -2.29. The molecule has 1 rings (SSSR count). The molecule has 0 spiro atoms. The number of aliphatic hydroxyl groups is 1. The Bertz CT molecular complexity index is 2070. The first-order valence-corrected chi connectivity index (χ1v) is 23.0. The van der Waals surface area contributed by atoms with E-state index in [2.05, 4.69) is 42.5 Å². The highest BCUT2D eigenvalue weighted by atomic mass is 16.4. The summed E-state index contributed by atoms with van der Waals surface area (Å²) in [5.74, 6) is -14.0. The number of nitrogens with two attached hydrogens (primary N) is 3. The number of phenolic OH excluding ortho intramolecular Hbond substituents is 1. The van der Waals surface area contributed by atoms with Crippen molar-refractivity contribution in [3.05, 3.63) is 29.8 Å². The number of aromatic hydroxyl groups is 1. The Morgan fingerprint density at radius 3 is 1.61 bits per heavy atom. The predicted molar refractivity (Wildman–Crippen MR) is 254 cm³/mol. The third-order valence-corrected chi connectivity index (χ3v) is 10.9. The maximum atomic E-state index is 14.0. The predicted octanol–water partition coefficient (Wildman–Crippen LogP) is -4.31. The fraction of sp³-hybridized carbons (Fsp3) is 0.591. The molecular formula is C44H70N12O16. The molecule has 0 aromatic heterocycles. The summed E-state index contributed by atoms with van der Waals surface area (Å²) >= 11 is 0. The molecule has 0 heterocycles. The van der Waals surface area contributed by atoms with E-state index >= 15 is 0 Å². The SMILES string of the molecule is CC[C@H](C)[C@H](NC(=O)[C@H](CCC(N)=O)NC(=O)[C@H](CO)NC(=O)[C@H](Cc1ccc(O)cc1)NC(=O)[C@@H](N)CC(=O)O)C(=O)N[C@@H](CCC(=O)O)C(=O)N[C@@H](CC(C)C)C(=O)N[C@@H](CCCNC(=N)N)C(=O)O. The van der Waals surface area contributed by atoms with Crippen molar-refractivity contribution in [2.75, 3.05) is 13.2 Å². The van der Waals surface area contributed by atoms with Crippen LogP contribution in [0.1, 0.15) is 91.0 Å². The number of nitrogens with one attached hydrogen (secondary N) is 9. The molecule has 0 aliphatic carbocycles. The summed E-state index contributed by atoms with van der Waals surface area (Å²) in [4.78, 5) is 142. The number of phenols is 1. The number of hydrogen-bond donors (Lipinski definition) is 17. The van der Waals surface area contributed by atoms with Crippen molar-refractivity contribution in [3.63, 3.8) is 0 Å². The van der Waals surface area contributed by atoms with Gasteiger partial charge in [-0.15, -0.1) is 0 Å². The molecule has 0 fully saturated rings. The molecule has 0 unspecified atom stereocenters. The zero-order valence-corrected chi connectivity index (χ0v) is 40.5. The van der Waals surface area contributed by atoms with Crippen LogP contribution in [0.2, 0.25) is 0 Å². The monoisotopic (exact) mass is 1020 g/mol. The molecule has 0 aliphatic rings. The first-order chi connectivity index (χ1) is 33.7. The van der Waals surface area contributed by atoms with Gasteiger partial charge in [-0.25, -0.2) is 4.79 Å². The van der Waals surface area contributed by atoms with Gasteiger partial charge in [0.25, 0.3) is 0 Å². The van der Waals surface area contributed by atoms with Crippen molar-refractivity contribution in [1.82, 2.24) is 42.5 Å². The highest BCUT2D eigenvalue weighted by molar-refractivity contribution is 5.98.